The zero-order valence-corrected chi connectivity index (χ0v) is 18.9. The van der Waals surface area contributed by atoms with Gasteiger partial charge >= 0.3 is 0 Å². The third kappa shape index (κ3) is 4.58. The smallest absolute Gasteiger partial charge is 0.209 e. The van der Waals surface area contributed by atoms with Crippen LogP contribution in [0.4, 0.5) is 17.5 Å². The molecule has 33 heavy (non-hydrogen) atoms. The van der Waals surface area contributed by atoms with Crippen molar-refractivity contribution in [1.82, 2.24) is 34.4 Å². The number of hydrogen-bond acceptors (Lipinski definition) is 9. The molecule has 170 valence electrons. The number of β-amino-alcohol motifs (C(OH)–C–C–N with tert-alkyl or cyclic N) is 1. The van der Waals surface area contributed by atoms with E-state index in [1.165, 1.54) is 6.33 Å². The van der Waals surface area contributed by atoms with Gasteiger partial charge in [-0.1, -0.05) is 12.1 Å². The number of benzene rings is 1. The number of aryl methyl sites for hydroxylation is 1. The van der Waals surface area contributed by atoms with E-state index in [1.807, 2.05) is 43.3 Å². The number of aliphatic hydroxyl groups excluding tert-OH is 1. The highest BCUT2D eigenvalue weighted by molar-refractivity contribution is 6.29. The van der Waals surface area contributed by atoms with E-state index < -0.39 is 0 Å². The quantitative estimate of drug-likeness (QED) is 0.443. The molecule has 1 saturated heterocycles. The molecule has 4 aromatic rings. The molecule has 1 fully saturated rings. The van der Waals surface area contributed by atoms with Crippen molar-refractivity contribution < 1.29 is 5.11 Å². The average molecular weight is 466 g/mol. The van der Waals surface area contributed by atoms with E-state index in [0.29, 0.717) is 35.1 Å². The van der Waals surface area contributed by atoms with E-state index in [-0.39, 0.29) is 6.61 Å². The predicted molar refractivity (Wildman–Crippen MR) is 127 cm³/mol. The number of piperazine rings is 1. The molecular weight excluding hydrogens is 442 g/mol. The van der Waals surface area contributed by atoms with Crippen LogP contribution >= 0.6 is 11.6 Å². The molecule has 11 heteroatoms. The first kappa shape index (κ1) is 21.5. The number of nitrogens with zero attached hydrogens (tertiary/aromatic N) is 8. The summed E-state index contributed by atoms with van der Waals surface area (Å²) in [6.45, 7) is 6.24. The number of aromatic nitrogens is 6. The zero-order valence-electron chi connectivity index (χ0n) is 18.2. The molecule has 0 spiro atoms. The number of aliphatic hydroxyl groups is 1. The van der Waals surface area contributed by atoms with Gasteiger partial charge in [-0.05, 0) is 30.7 Å². The van der Waals surface area contributed by atoms with Crippen LogP contribution in [0.3, 0.4) is 0 Å². The number of halogens is 1. The van der Waals surface area contributed by atoms with Gasteiger partial charge in [-0.2, -0.15) is 0 Å². The minimum atomic E-state index is 0.182. The van der Waals surface area contributed by atoms with Gasteiger partial charge in [-0.15, -0.1) is 0 Å². The van der Waals surface area contributed by atoms with Crippen LogP contribution in [-0.2, 0) is 0 Å². The fraction of sp³-hybridized carbons (Fsp3) is 0.318. The number of imidazole rings is 1. The van der Waals surface area contributed by atoms with Crippen molar-refractivity contribution in [1.29, 1.82) is 0 Å². The van der Waals surface area contributed by atoms with Gasteiger partial charge in [0.15, 0.2) is 0 Å². The van der Waals surface area contributed by atoms with Gasteiger partial charge in [0, 0.05) is 44.9 Å². The van der Waals surface area contributed by atoms with Crippen LogP contribution in [0.1, 0.15) is 5.82 Å². The molecule has 10 nitrogen and oxygen atoms in total. The molecule has 0 bridgehead atoms. The third-order valence-corrected chi connectivity index (χ3v) is 5.85. The second kappa shape index (κ2) is 9.26. The van der Waals surface area contributed by atoms with Gasteiger partial charge in [0.2, 0.25) is 5.28 Å². The summed E-state index contributed by atoms with van der Waals surface area (Å²) in [6.07, 6.45) is 1.48. The lowest BCUT2D eigenvalue weighted by atomic mass is 10.3. The van der Waals surface area contributed by atoms with Gasteiger partial charge in [-0.25, -0.2) is 24.9 Å². The molecule has 1 aliphatic rings. The van der Waals surface area contributed by atoms with Crippen LogP contribution in [0.15, 0.2) is 42.7 Å². The summed E-state index contributed by atoms with van der Waals surface area (Å²) in [5.74, 6) is 3.39. The largest absolute Gasteiger partial charge is 0.395 e. The Morgan fingerprint density at radius 2 is 1.76 bits per heavy atom. The summed E-state index contributed by atoms with van der Waals surface area (Å²) in [6, 6.07) is 11.5. The van der Waals surface area contributed by atoms with Crippen LogP contribution < -0.4 is 10.2 Å². The molecule has 0 amide bonds. The fourth-order valence-electron chi connectivity index (χ4n) is 4.00. The number of anilines is 3. The summed E-state index contributed by atoms with van der Waals surface area (Å²) >= 11 is 6.40. The van der Waals surface area contributed by atoms with E-state index in [0.717, 1.165) is 43.0 Å². The number of hydrogen-bond donors (Lipinski definition) is 2. The second-order valence-electron chi connectivity index (χ2n) is 7.80. The van der Waals surface area contributed by atoms with Crippen LogP contribution in [0.25, 0.3) is 16.9 Å². The lowest BCUT2D eigenvalue weighted by Crippen LogP contribution is -2.47. The van der Waals surface area contributed by atoms with Crippen LogP contribution in [-0.4, -0.2) is 78.8 Å². The van der Waals surface area contributed by atoms with Crippen molar-refractivity contribution in [3.63, 3.8) is 0 Å². The molecule has 0 saturated carbocycles. The Morgan fingerprint density at radius 3 is 2.58 bits per heavy atom. The molecule has 5 rings (SSSR count). The maximum absolute atomic E-state index is 9.15. The molecule has 0 atom stereocenters. The molecule has 1 aliphatic heterocycles. The van der Waals surface area contributed by atoms with Gasteiger partial charge in [-0.3, -0.25) is 9.47 Å². The fourth-order valence-corrected chi connectivity index (χ4v) is 4.27. The molecule has 0 aliphatic carbocycles. The Hall–Kier alpha value is -3.34. The van der Waals surface area contributed by atoms with Crippen molar-refractivity contribution in [3.8, 4) is 5.82 Å². The SMILES string of the molecule is Cc1nc(Nc2cc(-n3c(Cl)nc4ccccc43)ncn2)cc(N2CCN(CCO)CC2)n1. The topological polar surface area (TPSA) is 108 Å². The van der Waals surface area contributed by atoms with Gasteiger partial charge in [0.05, 0.1) is 17.6 Å². The van der Waals surface area contributed by atoms with Crippen molar-refractivity contribution in [2.45, 2.75) is 6.92 Å². The zero-order chi connectivity index (χ0) is 22.8. The lowest BCUT2D eigenvalue weighted by Gasteiger charge is -2.35. The molecule has 1 aromatic carbocycles. The van der Waals surface area contributed by atoms with Crippen molar-refractivity contribution in [2.75, 3.05) is 49.5 Å². The van der Waals surface area contributed by atoms with E-state index in [9.17, 15) is 0 Å². The van der Waals surface area contributed by atoms with E-state index in [4.69, 9.17) is 16.7 Å². The van der Waals surface area contributed by atoms with Crippen molar-refractivity contribution in [3.05, 3.63) is 53.8 Å². The van der Waals surface area contributed by atoms with E-state index in [1.54, 1.807) is 4.57 Å². The lowest BCUT2D eigenvalue weighted by molar-refractivity contribution is 0.188. The molecule has 4 heterocycles. The predicted octanol–water partition coefficient (Wildman–Crippen LogP) is 2.43. The first-order chi connectivity index (χ1) is 16.1. The molecule has 3 aromatic heterocycles. The first-order valence-electron chi connectivity index (χ1n) is 10.8. The Kier molecular flexibility index (Phi) is 6.03. The third-order valence-electron chi connectivity index (χ3n) is 5.59. The number of rotatable bonds is 6. The molecule has 2 N–H and O–H groups in total. The van der Waals surface area contributed by atoms with E-state index >= 15 is 0 Å². The summed E-state index contributed by atoms with van der Waals surface area (Å²) < 4.78 is 1.78. The molecular formula is C22H24ClN9O. The monoisotopic (exact) mass is 465 g/mol. The summed E-state index contributed by atoms with van der Waals surface area (Å²) in [5.41, 5.74) is 1.67. The second-order valence-corrected chi connectivity index (χ2v) is 8.14. The normalized spacial score (nSPS) is 14.7. The highest BCUT2D eigenvalue weighted by atomic mass is 35.5. The van der Waals surface area contributed by atoms with Crippen molar-refractivity contribution >= 4 is 40.1 Å². The minimum Gasteiger partial charge on any atom is -0.395 e. The Labute approximate surface area is 195 Å². The molecule has 0 radical (unpaired) electrons. The standard InChI is InChI=1S/C22H24ClN9O/c1-15-26-19(13-21(27-15)31-8-6-30(7-9-31)10-11-33)29-18-12-20(25-14-24-18)32-17-5-3-2-4-16(17)28-22(32)23/h2-5,12-14,33H,6-11H2,1H3,(H,24,25,26,27,29). The highest BCUT2D eigenvalue weighted by Crippen LogP contribution is 2.25. The average Bonchev–Trinajstić information content (AvgIpc) is 3.15. The summed E-state index contributed by atoms with van der Waals surface area (Å²) in [5, 5.41) is 12.8. The maximum atomic E-state index is 9.15. The molecule has 0 unspecified atom stereocenters. The first-order valence-corrected chi connectivity index (χ1v) is 11.1. The highest BCUT2D eigenvalue weighted by Gasteiger charge is 2.19. The Morgan fingerprint density at radius 1 is 0.970 bits per heavy atom. The van der Waals surface area contributed by atoms with Crippen molar-refractivity contribution in [2.24, 2.45) is 0 Å². The van der Waals surface area contributed by atoms with Gasteiger partial charge in [0.25, 0.3) is 0 Å². The number of nitrogens with one attached hydrogen (secondary N) is 1. The number of para-hydroxylation sites is 2. The summed E-state index contributed by atoms with van der Waals surface area (Å²) in [7, 11) is 0. The Bertz CT molecular complexity index is 1270. The number of fused-ring (bicyclic) bond motifs is 1. The minimum absolute atomic E-state index is 0.182. The Balaban J connectivity index is 1.39. The van der Waals surface area contributed by atoms with Crippen LogP contribution in [0, 0.1) is 6.92 Å². The summed E-state index contributed by atoms with van der Waals surface area (Å²) in [4.78, 5) is 26.8. The van der Waals surface area contributed by atoms with Gasteiger partial charge < -0.3 is 15.3 Å². The maximum Gasteiger partial charge on any atom is 0.209 e. The van der Waals surface area contributed by atoms with Gasteiger partial charge in [0.1, 0.15) is 35.4 Å². The van der Waals surface area contributed by atoms with Crippen LogP contribution in [0.5, 0.6) is 0 Å². The van der Waals surface area contributed by atoms with E-state index in [2.05, 4.69) is 40.0 Å². The van der Waals surface area contributed by atoms with Crippen LogP contribution in [0.2, 0.25) is 5.28 Å².